The van der Waals surface area contributed by atoms with Gasteiger partial charge in [0, 0.05) is 9.92 Å². The molecule has 0 aliphatic carbocycles. The molecule has 4 heteroatoms. The quantitative estimate of drug-likeness (QED) is 0.725. The van der Waals surface area contributed by atoms with Gasteiger partial charge in [-0.3, -0.25) is 0 Å². The summed E-state index contributed by atoms with van der Waals surface area (Å²) in [5.74, 6) is -0.265. The molecule has 2 rings (SSSR count). The molecule has 0 aliphatic rings. The number of hydrogen-bond donors (Lipinski definition) is 1. The molecule has 0 spiro atoms. The summed E-state index contributed by atoms with van der Waals surface area (Å²) in [7, 11) is 0. The zero-order valence-electron chi connectivity index (χ0n) is 12.2. The number of benzene rings is 2. The number of rotatable bonds is 6. The minimum absolute atomic E-state index is 0.100. The van der Waals surface area contributed by atoms with E-state index in [4.69, 9.17) is 11.6 Å². The Morgan fingerprint density at radius 3 is 2.67 bits per heavy atom. The Bertz CT molecular complexity index is 603. The van der Waals surface area contributed by atoms with E-state index in [1.165, 1.54) is 17.0 Å². The lowest BCUT2D eigenvalue weighted by molar-refractivity contribution is 0.580. The molecule has 0 aliphatic heterocycles. The largest absolute Gasteiger partial charge is 0.306 e. The van der Waals surface area contributed by atoms with Gasteiger partial charge in [-0.15, -0.1) is 11.8 Å². The molecular formula is C17H19ClFNS. The predicted octanol–water partition coefficient (Wildman–Crippen LogP) is 5.29. The van der Waals surface area contributed by atoms with Gasteiger partial charge in [0.1, 0.15) is 5.82 Å². The molecule has 2 aromatic carbocycles. The minimum Gasteiger partial charge on any atom is -0.306 e. The normalized spacial score (nSPS) is 12.4. The van der Waals surface area contributed by atoms with Gasteiger partial charge in [-0.2, -0.15) is 0 Å². The smallest absolute Gasteiger partial charge is 0.123 e. The fourth-order valence-electron chi connectivity index (χ4n) is 2.32. The molecule has 112 valence electrons. The second kappa shape index (κ2) is 7.83. The second-order valence-electron chi connectivity index (χ2n) is 4.79. The van der Waals surface area contributed by atoms with E-state index >= 15 is 0 Å². The van der Waals surface area contributed by atoms with Gasteiger partial charge in [-0.05, 0) is 54.6 Å². The van der Waals surface area contributed by atoms with Crippen LogP contribution in [0.15, 0.2) is 47.4 Å². The van der Waals surface area contributed by atoms with Crippen LogP contribution in [0.25, 0.3) is 0 Å². The van der Waals surface area contributed by atoms with E-state index in [2.05, 4.69) is 24.4 Å². The van der Waals surface area contributed by atoms with Crippen molar-refractivity contribution >= 4 is 23.4 Å². The van der Waals surface area contributed by atoms with Crippen molar-refractivity contribution in [3.8, 4) is 0 Å². The Kier molecular flexibility index (Phi) is 6.09. The van der Waals surface area contributed by atoms with Crippen molar-refractivity contribution < 1.29 is 4.39 Å². The van der Waals surface area contributed by atoms with E-state index in [0.29, 0.717) is 5.02 Å². The molecule has 0 saturated heterocycles. The Hall–Kier alpha value is -1.03. The maximum Gasteiger partial charge on any atom is 0.123 e. The average molecular weight is 324 g/mol. The van der Waals surface area contributed by atoms with Crippen molar-refractivity contribution in [2.24, 2.45) is 0 Å². The highest BCUT2D eigenvalue weighted by Crippen LogP contribution is 2.33. The zero-order chi connectivity index (χ0) is 15.2. The maximum absolute atomic E-state index is 13.6. The topological polar surface area (TPSA) is 12.0 Å². The van der Waals surface area contributed by atoms with Crippen LogP contribution in [0.1, 0.15) is 30.5 Å². The first-order valence-corrected chi connectivity index (χ1v) is 8.59. The molecule has 0 heterocycles. The highest BCUT2D eigenvalue weighted by Gasteiger charge is 2.19. The lowest BCUT2D eigenvalue weighted by Crippen LogP contribution is -2.24. The summed E-state index contributed by atoms with van der Waals surface area (Å²) in [6, 6.07) is 12.6. The van der Waals surface area contributed by atoms with E-state index in [1.54, 1.807) is 17.8 Å². The minimum atomic E-state index is -0.265. The van der Waals surface area contributed by atoms with Crippen LogP contribution in [-0.4, -0.2) is 12.8 Å². The van der Waals surface area contributed by atoms with Gasteiger partial charge in [-0.25, -0.2) is 4.39 Å². The second-order valence-corrected chi connectivity index (χ2v) is 6.05. The van der Waals surface area contributed by atoms with Crippen LogP contribution in [0.3, 0.4) is 0 Å². The monoisotopic (exact) mass is 323 g/mol. The van der Waals surface area contributed by atoms with Crippen LogP contribution in [0.4, 0.5) is 4.39 Å². The molecule has 1 N–H and O–H groups in total. The van der Waals surface area contributed by atoms with Crippen LogP contribution >= 0.6 is 23.4 Å². The Labute approximate surface area is 134 Å². The SMILES string of the molecule is CCCNC(c1cc(F)ccc1Cl)c1ccccc1SC. The molecule has 0 saturated carbocycles. The molecule has 0 bridgehead atoms. The first-order chi connectivity index (χ1) is 10.2. The summed E-state index contributed by atoms with van der Waals surface area (Å²) in [5.41, 5.74) is 1.91. The van der Waals surface area contributed by atoms with E-state index in [0.717, 1.165) is 24.1 Å². The Morgan fingerprint density at radius 2 is 1.95 bits per heavy atom. The molecule has 1 nitrogen and oxygen atoms in total. The summed E-state index contributed by atoms with van der Waals surface area (Å²) in [5, 5.41) is 4.06. The molecule has 1 atom stereocenters. The highest BCUT2D eigenvalue weighted by molar-refractivity contribution is 7.98. The third kappa shape index (κ3) is 4.00. The van der Waals surface area contributed by atoms with Crippen LogP contribution < -0.4 is 5.32 Å². The maximum atomic E-state index is 13.6. The Morgan fingerprint density at radius 1 is 1.19 bits per heavy atom. The van der Waals surface area contributed by atoms with Crippen molar-refractivity contribution in [1.29, 1.82) is 0 Å². The van der Waals surface area contributed by atoms with Gasteiger partial charge in [-0.1, -0.05) is 36.7 Å². The van der Waals surface area contributed by atoms with E-state index in [-0.39, 0.29) is 11.9 Å². The summed E-state index contributed by atoms with van der Waals surface area (Å²) >= 11 is 7.99. The average Bonchev–Trinajstić information content (AvgIpc) is 2.51. The van der Waals surface area contributed by atoms with Gasteiger partial charge in [0.15, 0.2) is 0 Å². The van der Waals surface area contributed by atoms with Crippen LogP contribution in [-0.2, 0) is 0 Å². The summed E-state index contributed by atoms with van der Waals surface area (Å²) in [6.45, 7) is 2.96. The van der Waals surface area contributed by atoms with E-state index in [9.17, 15) is 4.39 Å². The van der Waals surface area contributed by atoms with Gasteiger partial charge >= 0.3 is 0 Å². The molecule has 0 fully saturated rings. The van der Waals surface area contributed by atoms with Gasteiger partial charge in [0.05, 0.1) is 6.04 Å². The first-order valence-electron chi connectivity index (χ1n) is 6.98. The summed E-state index contributed by atoms with van der Waals surface area (Å²) in [4.78, 5) is 1.17. The van der Waals surface area contributed by atoms with Crippen molar-refractivity contribution in [3.05, 3.63) is 64.4 Å². The lowest BCUT2D eigenvalue weighted by Gasteiger charge is -2.23. The molecule has 0 aromatic heterocycles. The van der Waals surface area contributed by atoms with Crippen molar-refractivity contribution in [2.45, 2.75) is 24.3 Å². The molecule has 0 radical (unpaired) electrons. The standard InChI is InChI=1S/C17H19ClFNS/c1-3-10-20-17(13-6-4-5-7-16(13)21-2)14-11-12(19)8-9-15(14)18/h4-9,11,17,20H,3,10H2,1-2H3. The van der Waals surface area contributed by atoms with Crippen molar-refractivity contribution in [1.82, 2.24) is 5.32 Å². The van der Waals surface area contributed by atoms with Crippen LogP contribution in [0, 0.1) is 5.82 Å². The molecule has 0 amide bonds. The fourth-order valence-corrected chi connectivity index (χ4v) is 3.18. The number of halogens is 2. The Balaban J connectivity index is 2.49. The van der Waals surface area contributed by atoms with Gasteiger partial charge < -0.3 is 5.32 Å². The van der Waals surface area contributed by atoms with Gasteiger partial charge in [0.2, 0.25) is 0 Å². The summed E-state index contributed by atoms with van der Waals surface area (Å²) in [6.07, 6.45) is 3.05. The highest BCUT2D eigenvalue weighted by atomic mass is 35.5. The predicted molar refractivity (Wildman–Crippen MR) is 89.8 cm³/mol. The zero-order valence-corrected chi connectivity index (χ0v) is 13.8. The molecule has 2 aromatic rings. The summed E-state index contributed by atoms with van der Waals surface area (Å²) < 4.78 is 13.6. The van der Waals surface area contributed by atoms with E-state index in [1.807, 2.05) is 18.4 Å². The van der Waals surface area contributed by atoms with E-state index < -0.39 is 0 Å². The third-order valence-electron chi connectivity index (χ3n) is 3.32. The number of thioether (sulfide) groups is 1. The number of nitrogens with one attached hydrogen (secondary N) is 1. The van der Waals surface area contributed by atoms with Crippen molar-refractivity contribution in [3.63, 3.8) is 0 Å². The van der Waals surface area contributed by atoms with Gasteiger partial charge in [0.25, 0.3) is 0 Å². The third-order valence-corrected chi connectivity index (χ3v) is 4.47. The molecular weight excluding hydrogens is 305 g/mol. The number of hydrogen-bond acceptors (Lipinski definition) is 2. The first kappa shape index (κ1) is 16.3. The van der Waals surface area contributed by atoms with Crippen LogP contribution in [0.2, 0.25) is 5.02 Å². The van der Waals surface area contributed by atoms with Crippen molar-refractivity contribution in [2.75, 3.05) is 12.8 Å². The van der Waals surface area contributed by atoms with Crippen LogP contribution in [0.5, 0.6) is 0 Å². The molecule has 21 heavy (non-hydrogen) atoms. The fraction of sp³-hybridized carbons (Fsp3) is 0.294. The lowest BCUT2D eigenvalue weighted by atomic mass is 9.98. The molecule has 1 unspecified atom stereocenters.